The van der Waals surface area contributed by atoms with Crippen molar-refractivity contribution in [2.75, 3.05) is 33.3 Å². The average Bonchev–Trinajstić information content (AvgIpc) is 3.24. The molecule has 1 aliphatic heterocycles. The molecule has 0 N–H and O–H groups in total. The maximum absolute atomic E-state index is 13.0. The Labute approximate surface area is 160 Å². The second-order valence-electron chi connectivity index (χ2n) is 7.38. The summed E-state index contributed by atoms with van der Waals surface area (Å²) < 4.78 is 10.7. The van der Waals surface area contributed by atoms with E-state index >= 15 is 0 Å². The predicted molar refractivity (Wildman–Crippen MR) is 103 cm³/mol. The topological polar surface area (TPSA) is 58.8 Å². The molecule has 0 spiro atoms. The molecule has 1 aromatic carbocycles. The minimum atomic E-state index is -0.0436. The van der Waals surface area contributed by atoms with Crippen LogP contribution in [0.25, 0.3) is 11.3 Å². The van der Waals surface area contributed by atoms with Gasteiger partial charge in [-0.3, -0.25) is 9.69 Å². The third-order valence-electron chi connectivity index (χ3n) is 5.81. The Bertz CT molecular complexity index is 757. The molecule has 2 aromatic rings. The van der Waals surface area contributed by atoms with Crippen molar-refractivity contribution in [2.45, 2.75) is 38.1 Å². The Morgan fingerprint density at radius 3 is 2.44 bits per heavy atom. The number of piperazine rings is 1. The first-order valence-corrected chi connectivity index (χ1v) is 9.87. The van der Waals surface area contributed by atoms with Crippen molar-refractivity contribution in [3.63, 3.8) is 0 Å². The number of aromatic nitrogens is 1. The molecule has 1 aromatic heterocycles. The van der Waals surface area contributed by atoms with E-state index in [1.165, 1.54) is 38.5 Å². The molecule has 2 heterocycles. The summed E-state index contributed by atoms with van der Waals surface area (Å²) in [4.78, 5) is 21.7. The summed E-state index contributed by atoms with van der Waals surface area (Å²) in [6.07, 6.45) is 8.01. The standard InChI is InChI=1S/C21H27N3O3/c1-26-18-9-7-16(8-10-18)20-19(22-15-27-20)21(25)24-13-11-23(12-14-24)17-5-3-2-4-6-17/h7-10,15,17H,2-6,11-14H2,1H3. The van der Waals surface area contributed by atoms with E-state index in [1.807, 2.05) is 29.2 Å². The predicted octanol–water partition coefficient (Wildman–Crippen LogP) is 3.44. The number of hydrogen-bond acceptors (Lipinski definition) is 5. The number of oxazole rings is 1. The first-order valence-electron chi connectivity index (χ1n) is 9.87. The smallest absolute Gasteiger partial charge is 0.276 e. The van der Waals surface area contributed by atoms with Crippen molar-refractivity contribution < 1.29 is 13.9 Å². The zero-order valence-electron chi connectivity index (χ0n) is 15.9. The van der Waals surface area contributed by atoms with E-state index in [1.54, 1.807) is 7.11 Å². The molecular weight excluding hydrogens is 342 g/mol. The van der Waals surface area contributed by atoms with Crippen LogP contribution in [0, 0.1) is 0 Å². The summed E-state index contributed by atoms with van der Waals surface area (Å²) >= 11 is 0. The molecule has 144 valence electrons. The molecule has 1 amide bonds. The van der Waals surface area contributed by atoms with Crippen LogP contribution >= 0.6 is 0 Å². The quantitative estimate of drug-likeness (QED) is 0.826. The van der Waals surface area contributed by atoms with E-state index in [0.717, 1.165) is 37.5 Å². The Morgan fingerprint density at radius 1 is 1.07 bits per heavy atom. The van der Waals surface area contributed by atoms with Crippen LogP contribution in [0.1, 0.15) is 42.6 Å². The SMILES string of the molecule is COc1ccc(-c2ocnc2C(=O)N2CCN(C3CCCCC3)CC2)cc1. The Hall–Kier alpha value is -2.34. The zero-order chi connectivity index (χ0) is 18.6. The average molecular weight is 369 g/mol. The van der Waals surface area contributed by atoms with Crippen LogP contribution in [0.15, 0.2) is 35.1 Å². The summed E-state index contributed by atoms with van der Waals surface area (Å²) in [5, 5.41) is 0. The normalized spacial score (nSPS) is 19.2. The van der Waals surface area contributed by atoms with Gasteiger partial charge in [-0.05, 0) is 37.1 Å². The summed E-state index contributed by atoms with van der Waals surface area (Å²) in [5.74, 6) is 1.25. The first-order chi connectivity index (χ1) is 13.3. The Kier molecular flexibility index (Phi) is 5.43. The molecule has 0 bridgehead atoms. The fraction of sp³-hybridized carbons (Fsp3) is 0.524. The number of ether oxygens (including phenoxy) is 1. The van der Waals surface area contributed by atoms with Gasteiger partial charge in [0, 0.05) is 37.8 Å². The molecule has 6 nitrogen and oxygen atoms in total. The van der Waals surface area contributed by atoms with Crippen molar-refractivity contribution in [3.05, 3.63) is 36.4 Å². The summed E-state index contributed by atoms with van der Waals surface area (Å²) in [7, 11) is 1.63. The van der Waals surface area contributed by atoms with Crippen molar-refractivity contribution >= 4 is 5.91 Å². The van der Waals surface area contributed by atoms with Gasteiger partial charge < -0.3 is 14.1 Å². The van der Waals surface area contributed by atoms with Gasteiger partial charge in [-0.2, -0.15) is 0 Å². The van der Waals surface area contributed by atoms with Crippen LogP contribution in [0.3, 0.4) is 0 Å². The van der Waals surface area contributed by atoms with Crippen molar-refractivity contribution in [2.24, 2.45) is 0 Å². The van der Waals surface area contributed by atoms with Crippen LogP contribution in [0.2, 0.25) is 0 Å². The molecule has 0 radical (unpaired) electrons. The van der Waals surface area contributed by atoms with Gasteiger partial charge in [-0.25, -0.2) is 4.98 Å². The molecule has 0 unspecified atom stereocenters. The monoisotopic (exact) mass is 369 g/mol. The molecule has 0 atom stereocenters. The molecular formula is C21H27N3O3. The number of carbonyl (C=O) groups excluding carboxylic acids is 1. The highest BCUT2D eigenvalue weighted by Gasteiger charge is 2.30. The zero-order valence-corrected chi connectivity index (χ0v) is 15.9. The highest BCUT2D eigenvalue weighted by atomic mass is 16.5. The summed E-state index contributed by atoms with van der Waals surface area (Å²) in [6.45, 7) is 3.41. The van der Waals surface area contributed by atoms with Crippen molar-refractivity contribution in [1.82, 2.24) is 14.8 Å². The summed E-state index contributed by atoms with van der Waals surface area (Å²) in [5.41, 5.74) is 1.23. The first kappa shape index (κ1) is 18.0. The number of benzene rings is 1. The highest BCUT2D eigenvalue weighted by molar-refractivity contribution is 5.97. The fourth-order valence-corrected chi connectivity index (χ4v) is 4.23. The second kappa shape index (κ2) is 8.13. The van der Waals surface area contributed by atoms with Gasteiger partial charge in [0.15, 0.2) is 17.8 Å². The lowest BCUT2D eigenvalue weighted by molar-refractivity contribution is 0.0519. The third-order valence-corrected chi connectivity index (χ3v) is 5.81. The van der Waals surface area contributed by atoms with Gasteiger partial charge in [0.1, 0.15) is 5.75 Å². The van der Waals surface area contributed by atoms with Gasteiger partial charge in [0.2, 0.25) is 0 Å². The minimum absolute atomic E-state index is 0.0436. The molecule has 2 fully saturated rings. The molecule has 2 aliphatic rings. The Morgan fingerprint density at radius 2 is 1.78 bits per heavy atom. The lowest BCUT2D eigenvalue weighted by Crippen LogP contribution is -2.52. The van der Waals surface area contributed by atoms with Crippen LogP contribution in [-0.4, -0.2) is 60.0 Å². The minimum Gasteiger partial charge on any atom is -0.497 e. The van der Waals surface area contributed by atoms with Crippen LogP contribution < -0.4 is 4.74 Å². The Balaban J connectivity index is 1.42. The lowest BCUT2D eigenvalue weighted by atomic mass is 9.94. The number of rotatable bonds is 4. The van der Waals surface area contributed by atoms with Crippen molar-refractivity contribution in [3.8, 4) is 17.1 Å². The molecule has 6 heteroatoms. The molecule has 1 saturated carbocycles. The summed E-state index contributed by atoms with van der Waals surface area (Å²) in [6, 6.07) is 8.19. The number of carbonyl (C=O) groups is 1. The molecule has 1 aliphatic carbocycles. The van der Waals surface area contributed by atoms with Gasteiger partial charge in [0.05, 0.1) is 7.11 Å². The van der Waals surface area contributed by atoms with Crippen molar-refractivity contribution in [1.29, 1.82) is 0 Å². The number of amides is 1. The third kappa shape index (κ3) is 3.86. The fourth-order valence-electron chi connectivity index (χ4n) is 4.23. The number of nitrogens with zero attached hydrogens (tertiary/aromatic N) is 3. The lowest BCUT2D eigenvalue weighted by Gasteiger charge is -2.40. The second-order valence-corrected chi connectivity index (χ2v) is 7.38. The molecule has 1 saturated heterocycles. The van der Waals surface area contributed by atoms with E-state index < -0.39 is 0 Å². The van der Waals surface area contributed by atoms with E-state index in [9.17, 15) is 4.79 Å². The maximum Gasteiger partial charge on any atom is 0.276 e. The van der Waals surface area contributed by atoms with Crippen LogP contribution in [0.5, 0.6) is 5.75 Å². The van der Waals surface area contributed by atoms with Gasteiger partial charge >= 0.3 is 0 Å². The van der Waals surface area contributed by atoms with E-state index in [0.29, 0.717) is 17.5 Å². The van der Waals surface area contributed by atoms with Crippen LogP contribution in [-0.2, 0) is 0 Å². The number of methoxy groups -OCH3 is 1. The largest absolute Gasteiger partial charge is 0.497 e. The van der Waals surface area contributed by atoms with E-state index in [-0.39, 0.29) is 5.91 Å². The van der Waals surface area contributed by atoms with E-state index in [2.05, 4.69) is 9.88 Å². The van der Waals surface area contributed by atoms with Gasteiger partial charge in [-0.15, -0.1) is 0 Å². The number of hydrogen-bond donors (Lipinski definition) is 0. The van der Waals surface area contributed by atoms with Gasteiger partial charge in [-0.1, -0.05) is 19.3 Å². The highest BCUT2D eigenvalue weighted by Crippen LogP contribution is 2.27. The maximum atomic E-state index is 13.0. The van der Waals surface area contributed by atoms with Gasteiger partial charge in [0.25, 0.3) is 5.91 Å². The molecule has 4 rings (SSSR count). The van der Waals surface area contributed by atoms with Crippen LogP contribution in [0.4, 0.5) is 0 Å². The molecule has 27 heavy (non-hydrogen) atoms. The van der Waals surface area contributed by atoms with E-state index in [4.69, 9.17) is 9.15 Å².